The SMILES string of the molecule is Clc1cccc2sc(NCCCn3ccnc3)nc12. The number of fused-ring (bicyclic) bond motifs is 1. The van der Waals surface area contributed by atoms with Gasteiger partial charge in [-0.2, -0.15) is 0 Å². The second-order valence-electron chi connectivity index (χ2n) is 4.19. The number of nitrogens with zero attached hydrogens (tertiary/aromatic N) is 3. The molecule has 3 aromatic rings. The molecular formula is C13H13ClN4S. The third kappa shape index (κ3) is 2.88. The molecule has 0 aliphatic carbocycles. The Morgan fingerprint density at radius 1 is 1.37 bits per heavy atom. The van der Waals surface area contributed by atoms with Gasteiger partial charge in [-0.15, -0.1) is 0 Å². The van der Waals surface area contributed by atoms with Crippen molar-refractivity contribution in [3.05, 3.63) is 41.9 Å². The molecule has 0 saturated heterocycles. The van der Waals surface area contributed by atoms with Crippen LogP contribution in [0, 0.1) is 0 Å². The summed E-state index contributed by atoms with van der Waals surface area (Å²) in [4.78, 5) is 8.52. The smallest absolute Gasteiger partial charge is 0.183 e. The van der Waals surface area contributed by atoms with Gasteiger partial charge in [0.05, 0.1) is 16.0 Å². The molecule has 0 saturated carbocycles. The minimum absolute atomic E-state index is 0.709. The topological polar surface area (TPSA) is 42.7 Å². The first-order valence-electron chi connectivity index (χ1n) is 6.07. The van der Waals surface area contributed by atoms with Crippen LogP contribution in [0.15, 0.2) is 36.9 Å². The summed E-state index contributed by atoms with van der Waals surface area (Å²) in [6.45, 7) is 1.84. The highest BCUT2D eigenvalue weighted by Gasteiger charge is 2.05. The lowest BCUT2D eigenvalue weighted by Gasteiger charge is -2.03. The summed E-state index contributed by atoms with van der Waals surface area (Å²) in [5.41, 5.74) is 0.881. The molecule has 0 bridgehead atoms. The van der Waals surface area contributed by atoms with Crippen LogP contribution in [-0.4, -0.2) is 21.1 Å². The zero-order chi connectivity index (χ0) is 13.1. The van der Waals surface area contributed by atoms with E-state index in [9.17, 15) is 0 Å². The molecule has 1 aromatic carbocycles. The molecule has 0 amide bonds. The normalized spacial score (nSPS) is 11.0. The second-order valence-corrected chi connectivity index (χ2v) is 5.62. The van der Waals surface area contributed by atoms with Gasteiger partial charge in [0, 0.05) is 25.5 Å². The first kappa shape index (κ1) is 12.4. The van der Waals surface area contributed by atoms with Crippen molar-refractivity contribution in [2.45, 2.75) is 13.0 Å². The summed E-state index contributed by atoms with van der Waals surface area (Å²) >= 11 is 7.74. The van der Waals surface area contributed by atoms with Crippen LogP contribution >= 0.6 is 22.9 Å². The van der Waals surface area contributed by atoms with E-state index in [2.05, 4.69) is 19.9 Å². The quantitative estimate of drug-likeness (QED) is 0.730. The van der Waals surface area contributed by atoms with E-state index in [0.29, 0.717) is 5.02 Å². The Morgan fingerprint density at radius 2 is 2.32 bits per heavy atom. The van der Waals surface area contributed by atoms with Gasteiger partial charge in [-0.3, -0.25) is 0 Å². The maximum absolute atomic E-state index is 6.11. The van der Waals surface area contributed by atoms with Crippen molar-refractivity contribution in [3.63, 3.8) is 0 Å². The Kier molecular flexibility index (Phi) is 3.66. The lowest BCUT2D eigenvalue weighted by Crippen LogP contribution is -2.05. The van der Waals surface area contributed by atoms with Gasteiger partial charge in [0.25, 0.3) is 0 Å². The van der Waals surface area contributed by atoms with Crippen molar-refractivity contribution < 1.29 is 0 Å². The van der Waals surface area contributed by atoms with Gasteiger partial charge in [0.15, 0.2) is 5.13 Å². The highest BCUT2D eigenvalue weighted by atomic mass is 35.5. The average molecular weight is 293 g/mol. The van der Waals surface area contributed by atoms with Gasteiger partial charge in [-0.1, -0.05) is 29.0 Å². The van der Waals surface area contributed by atoms with Crippen LogP contribution in [0.2, 0.25) is 5.02 Å². The van der Waals surface area contributed by atoms with Crippen LogP contribution in [0.4, 0.5) is 5.13 Å². The van der Waals surface area contributed by atoms with Crippen LogP contribution in [0.25, 0.3) is 10.2 Å². The van der Waals surface area contributed by atoms with Gasteiger partial charge >= 0.3 is 0 Å². The molecule has 1 N–H and O–H groups in total. The molecule has 98 valence electrons. The zero-order valence-electron chi connectivity index (χ0n) is 10.2. The largest absolute Gasteiger partial charge is 0.361 e. The molecule has 0 aliphatic heterocycles. The average Bonchev–Trinajstić information content (AvgIpc) is 3.04. The summed E-state index contributed by atoms with van der Waals surface area (Å²) < 4.78 is 3.18. The minimum atomic E-state index is 0.709. The molecule has 2 aromatic heterocycles. The minimum Gasteiger partial charge on any atom is -0.361 e. The summed E-state index contributed by atoms with van der Waals surface area (Å²) in [5, 5.41) is 4.97. The number of anilines is 1. The predicted octanol–water partition coefficient (Wildman–Crippen LogP) is 3.65. The fraction of sp³-hybridized carbons (Fsp3) is 0.231. The van der Waals surface area contributed by atoms with Crippen LogP contribution in [0.1, 0.15) is 6.42 Å². The third-order valence-corrected chi connectivity index (χ3v) is 4.08. The van der Waals surface area contributed by atoms with E-state index in [1.54, 1.807) is 17.5 Å². The van der Waals surface area contributed by atoms with Crippen molar-refractivity contribution in [1.82, 2.24) is 14.5 Å². The molecule has 0 spiro atoms. The molecule has 0 atom stereocenters. The fourth-order valence-corrected chi connectivity index (χ4v) is 3.06. The van der Waals surface area contributed by atoms with Crippen molar-refractivity contribution >= 4 is 38.3 Å². The van der Waals surface area contributed by atoms with E-state index in [4.69, 9.17) is 11.6 Å². The lowest BCUT2D eigenvalue weighted by atomic mass is 10.3. The molecule has 0 radical (unpaired) electrons. The fourth-order valence-electron chi connectivity index (χ4n) is 1.87. The molecule has 0 fully saturated rings. The Bertz CT molecular complexity index is 662. The maximum atomic E-state index is 6.11. The number of rotatable bonds is 5. The number of para-hydroxylation sites is 1. The molecule has 2 heterocycles. The molecule has 6 heteroatoms. The van der Waals surface area contributed by atoms with E-state index >= 15 is 0 Å². The number of nitrogens with one attached hydrogen (secondary N) is 1. The number of imidazole rings is 1. The van der Waals surface area contributed by atoms with E-state index in [-0.39, 0.29) is 0 Å². The number of aromatic nitrogens is 3. The Hall–Kier alpha value is -1.59. The van der Waals surface area contributed by atoms with Crippen molar-refractivity contribution in [2.24, 2.45) is 0 Å². The van der Waals surface area contributed by atoms with Gasteiger partial charge in [-0.05, 0) is 18.6 Å². The number of hydrogen-bond acceptors (Lipinski definition) is 4. The number of aryl methyl sites for hydroxylation is 1. The zero-order valence-corrected chi connectivity index (χ0v) is 11.8. The summed E-state index contributed by atoms with van der Waals surface area (Å²) in [5.74, 6) is 0. The predicted molar refractivity (Wildman–Crippen MR) is 80.0 cm³/mol. The van der Waals surface area contributed by atoms with E-state index in [1.165, 1.54) is 0 Å². The van der Waals surface area contributed by atoms with Gasteiger partial charge in [-0.25, -0.2) is 9.97 Å². The molecule has 4 nitrogen and oxygen atoms in total. The highest BCUT2D eigenvalue weighted by molar-refractivity contribution is 7.22. The summed E-state index contributed by atoms with van der Waals surface area (Å²) in [6.07, 6.45) is 6.62. The standard InChI is InChI=1S/C13H13ClN4S/c14-10-3-1-4-11-12(10)17-13(19-11)16-5-2-7-18-8-6-15-9-18/h1,3-4,6,8-9H,2,5,7H2,(H,16,17). The Morgan fingerprint density at radius 3 is 3.11 bits per heavy atom. The van der Waals surface area contributed by atoms with E-state index < -0.39 is 0 Å². The summed E-state index contributed by atoms with van der Waals surface area (Å²) in [6, 6.07) is 5.85. The number of benzene rings is 1. The van der Waals surface area contributed by atoms with Crippen molar-refractivity contribution in [3.8, 4) is 0 Å². The van der Waals surface area contributed by atoms with Crippen molar-refractivity contribution in [1.29, 1.82) is 0 Å². The monoisotopic (exact) mass is 292 g/mol. The maximum Gasteiger partial charge on any atom is 0.183 e. The summed E-state index contributed by atoms with van der Waals surface area (Å²) in [7, 11) is 0. The van der Waals surface area contributed by atoms with Crippen LogP contribution in [-0.2, 0) is 6.54 Å². The Labute approximate surface area is 120 Å². The van der Waals surface area contributed by atoms with E-state index in [0.717, 1.165) is 34.9 Å². The molecule has 0 unspecified atom stereocenters. The first-order chi connectivity index (χ1) is 9.33. The highest BCUT2D eigenvalue weighted by Crippen LogP contribution is 2.30. The van der Waals surface area contributed by atoms with E-state index in [1.807, 2.05) is 30.7 Å². The van der Waals surface area contributed by atoms with Crippen molar-refractivity contribution in [2.75, 3.05) is 11.9 Å². The molecular weight excluding hydrogens is 280 g/mol. The second kappa shape index (κ2) is 5.59. The van der Waals surface area contributed by atoms with Crippen LogP contribution in [0.5, 0.6) is 0 Å². The van der Waals surface area contributed by atoms with Gasteiger partial charge in [0.2, 0.25) is 0 Å². The van der Waals surface area contributed by atoms with Crippen LogP contribution < -0.4 is 5.32 Å². The number of thiazole rings is 1. The Balaban J connectivity index is 1.58. The van der Waals surface area contributed by atoms with Gasteiger partial charge < -0.3 is 9.88 Å². The van der Waals surface area contributed by atoms with Crippen LogP contribution in [0.3, 0.4) is 0 Å². The lowest BCUT2D eigenvalue weighted by molar-refractivity contribution is 0.660. The molecule has 3 rings (SSSR count). The number of halogens is 1. The molecule has 19 heavy (non-hydrogen) atoms. The van der Waals surface area contributed by atoms with Gasteiger partial charge in [0.1, 0.15) is 5.52 Å². The first-order valence-corrected chi connectivity index (χ1v) is 7.27. The number of hydrogen-bond donors (Lipinski definition) is 1. The third-order valence-electron chi connectivity index (χ3n) is 2.80. The molecule has 0 aliphatic rings.